The minimum atomic E-state index is -0.0743. The van der Waals surface area contributed by atoms with Gasteiger partial charge in [0.25, 0.3) is 5.91 Å². The summed E-state index contributed by atoms with van der Waals surface area (Å²) in [6.45, 7) is 6.03. The number of rotatable bonds is 5. The average molecular weight is 458 g/mol. The second kappa shape index (κ2) is 9.21. The standard InChI is InChI=1S/C26H27N5OS/c1-18-11-16-33-25(18)26(32)27-22-10-8-20(31-14-12-30(2)13-15-31)17-19(22)7-9-24-21-5-3-4-6-23(21)28-29-24/h3-11,16-17H,12-15H2,1-2H3,(H,27,32)(H,28,29). The molecule has 1 aliphatic heterocycles. The average Bonchev–Trinajstić information content (AvgIpc) is 3.45. The molecule has 2 aromatic heterocycles. The van der Waals surface area contributed by atoms with Crippen LogP contribution < -0.4 is 10.2 Å². The number of aryl methyl sites for hydroxylation is 1. The Morgan fingerprint density at radius 3 is 2.70 bits per heavy atom. The maximum atomic E-state index is 12.9. The molecule has 0 bridgehead atoms. The number of nitrogens with zero attached hydrogens (tertiary/aromatic N) is 3. The molecule has 1 saturated heterocycles. The van der Waals surface area contributed by atoms with E-state index in [4.69, 9.17) is 0 Å². The van der Waals surface area contributed by atoms with E-state index >= 15 is 0 Å². The van der Waals surface area contributed by atoms with Crippen LogP contribution in [0.15, 0.2) is 53.9 Å². The molecule has 5 rings (SSSR count). The van der Waals surface area contributed by atoms with E-state index < -0.39 is 0 Å². The lowest BCUT2D eigenvalue weighted by atomic mass is 10.1. The molecule has 168 valence electrons. The van der Waals surface area contributed by atoms with Crippen molar-refractivity contribution in [1.29, 1.82) is 0 Å². The third kappa shape index (κ3) is 4.55. The maximum absolute atomic E-state index is 12.9. The summed E-state index contributed by atoms with van der Waals surface area (Å²) < 4.78 is 0. The van der Waals surface area contributed by atoms with Crippen LogP contribution in [-0.4, -0.2) is 54.2 Å². The molecule has 1 aliphatic rings. The molecule has 0 saturated carbocycles. The molecule has 1 fully saturated rings. The number of carbonyl (C=O) groups excluding carboxylic acids is 1. The molecule has 7 heteroatoms. The van der Waals surface area contributed by atoms with Gasteiger partial charge in [0.05, 0.1) is 16.1 Å². The van der Waals surface area contributed by atoms with Crippen molar-refractivity contribution in [3.05, 3.63) is 75.6 Å². The number of piperazine rings is 1. The number of hydrogen-bond donors (Lipinski definition) is 2. The SMILES string of the molecule is Cc1ccsc1C(=O)Nc1ccc(N2CCN(C)CC2)cc1C=Cc1n[nH]c2ccccc12. The molecule has 6 nitrogen and oxygen atoms in total. The summed E-state index contributed by atoms with van der Waals surface area (Å²) >= 11 is 1.46. The van der Waals surface area contributed by atoms with E-state index in [1.165, 1.54) is 17.0 Å². The Labute approximate surface area is 197 Å². The monoisotopic (exact) mass is 457 g/mol. The number of amides is 1. The second-order valence-corrected chi connectivity index (χ2v) is 9.35. The number of aromatic nitrogens is 2. The number of thiophene rings is 1. The van der Waals surface area contributed by atoms with E-state index in [2.05, 4.69) is 50.6 Å². The smallest absolute Gasteiger partial charge is 0.266 e. The minimum Gasteiger partial charge on any atom is -0.369 e. The van der Waals surface area contributed by atoms with Crippen molar-refractivity contribution in [3.8, 4) is 0 Å². The largest absolute Gasteiger partial charge is 0.369 e. The lowest BCUT2D eigenvalue weighted by molar-refractivity contribution is 0.103. The van der Waals surface area contributed by atoms with E-state index in [1.54, 1.807) is 0 Å². The van der Waals surface area contributed by atoms with Crippen LogP contribution in [0.3, 0.4) is 0 Å². The number of benzene rings is 2. The van der Waals surface area contributed by atoms with Crippen LogP contribution in [-0.2, 0) is 0 Å². The molecule has 0 aliphatic carbocycles. The summed E-state index contributed by atoms with van der Waals surface area (Å²) in [5, 5.41) is 13.7. The van der Waals surface area contributed by atoms with Crippen LogP contribution in [0.1, 0.15) is 26.5 Å². The minimum absolute atomic E-state index is 0.0743. The van der Waals surface area contributed by atoms with Gasteiger partial charge in [0, 0.05) is 48.5 Å². The van der Waals surface area contributed by atoms with E-state index in [1.807, 2.05) is 54.8 Å². The van der Waals surface area contributed by atoms with E-state index in [0.29, 0.717) is 0 Å². The van der Waals surface area contributed by atoms with Crippen molar-refractivity contribution in [2.75, 3.05) is 43.4 Å². The van der Waals surface area contributed by atoms with Crippen LogP contribution in [0.4, 0.5) is 11.4 Å². The third-order valence-corrected chi connectivity index (χ3v) is 7.16. The van der Waals surface area contributed by atoms with Gasteiger partial charge in [0.2, 0.25) is 0 Å². The predicted octanol–water partition coefficient (Wildman–Crippen LogP) is 5.11. The van der Waals surface area contributed by atoms with Crippen LogP contribution in [0.2, 0.25) is 0 Å². The number of carbonyl (C=O) groups is 1. The van der Waals surface area contributed by atoms with Gasteiger partial charge < -0.3 is 15.1 Å². The molecule has 0 atom stereocenters. The topological polar surface area (TPSA) is 64.3 Å². The highest BCUT2D eigenvalue weighted by molar-refractivity contribution is 7.12. The number of para-hydroxylation sites is 1. The molecule has 3 heterocycles. The number of aromatic amines is 1. The van der Waals surface area contributed by atoms with Crippen molar-refractivity contribution in [2.24, 2.45) is 0 Å². The molecule has 0 unspecified atom stereocenters. The Balaban J connectivity index is 1.48. The quantitative estimate of drug-likeness (QED) is 0.437. The lowest BCUT2D eigenvalue weighted by Gasteiger charge is -2.34. The highest BCUT2D eigenvalue weighted by Gasteiger charge is 2.17. The molecular weight excluding hydrogens is 430 g/mol. The number of anilines is 2. The molecule has 2 N–H and O–H groups in total. The highest BCUT2D eigenvalue weighted by Crippen LogP contribution is 2.28. The highest BCUT2D eigenvalue weighted by atomic mass is 32.1. The van der Waals surface area contributed by atoms with Gasteiger partial charge in [-0.2, -0.15) is 5.10 Å². The molecular formula is C26H27N5OS. The maximum Gasteiger partial charge on any atom is 0.266 e. The predicted molar refractivity (Wildman–Crippen MR) is 138 cm³/mol. The molecule has 4 aromatic rings. The van der Waals surface area contributed by atoms with Crippen molar-refractivity contribution in [1.82, 2.24) is 15.1 Å². The number of nitrogens with one attached hydrogen (secondary N) is 2. The summed E-state index contributed by atoms with van der Waals surface area (Å²) in [6, 6.07) is 16.3. The summed E-state index contributed by atoms with van der Waals surface area (Å²) in [6.07, 6.45) is 4.05. The fourth-order valence-electron chi connectivity index (χ4n) is 4.13. The van der Waals surface area contributed by atoms with E-state index in [0.717, 1.165) is 64.5 Å². The first-order chi connectivity index (χ1) is 16.1. The summed E-state index contributed by atoms with van der Waals surface area (Å²) in [7, 11) is 2.16. The first-order valence-corrected chi connectivity index (χ1v) is 12.0. The molecule has 33 heavy (non-hydrogen) atoms. The summed E-state index contributed by atoms with van der Waals surface area (Å²) in [5.41, 5.74) is 5.79. The van der Waals surface area contributed by atoms with Crippen molar-refractivity contribution in [3.63, 3.8) is 0 Å². The van der Waals surface area contributed by atoms with Gasteiger partial charge in [-0.15, -0.1) is 11.3 Å². The van der Waals surface area contributed by atoms with Crippen LogP contribution in [0, 0.1) is 6.92 Å². The van der Waals surface area contributed by atoms with Gasteiger partial charge in [-0.05, 0) is 61.3 Å². The second-order valence-electron chi connectivity index (χ2n) is 8.44. The van der Waals surface area contributed by atoms with Gasteiger partial charge in [0.1, 0.15) is 0 Å². The van der Waals surface area contributed by atoms with E-state index in [9.17, 15) is 4.79 Å². The number of fused-ring (bicyclic) bond motifs is 1. The zero-order valence-corrected chi connectivity index (χ0v) is 19.7. The van der Waals surface area contributed by atoms with Gasteiger partial charge in [0.15, 0.2) is 0 Å². The van der Waals surface area contributed by atoms with Gasteiger partial charge in [-0.1, -0.05) is 24.3 Å². The van der Waals surface area contributed by atoms with Gasteiger partial charge >= 0.3 is 0 Å². The Hall–Kier alpha value is -3.42. The van der Waals surface area contributed by atoms with Crippen molar-refractivity contribution < 1.29 is 4.79 Å². The van der Waals surface area contributed by atoms with Crippen molar-refractivity contribution >= 4 is 51.7 Å². The van der Waals surface area contributed by atoms with Gasteiger partial charge in [-0.25, -0.2) is 0 Å². The van der Waals surface area contributed by atoms with E-state index in [-0.39, 0.29) is 5.91 Å². The molecule has 0 radical (unpaired) electrons. The normalized spacial score (nSPS) is 14.9. The molecule has 1 amide bonds. The fourth-order valence-corrected chi connectivity index (χ4v) is 4.95. The fraction of sp³-hybridized carbons (Fsp3) is 0.231. The van der Waals surface area contributed by atoms with Gasteiger partial charge in [-0.3, -0.25) is 9.89 Å². The molecule has 0 spiro atoms. The van der Waals surface area contributed by atoms with Crippen LogP contribution in [0.25, 0.3) is 23.1 Å². The third-order valence-electron chi connectivity index (χ3n) is 6.14. The summed E-state index contributed by atoms with van der Waals surface area (Å²) in [5.74, 6) is -0.0743. The molecule has 2 aromatic carbocycles. The number of likely N-dealkylation sites (N-methyl/N-ethyl adjacent to an activating group) is 1. The first-order valence-electron chi connectivity index (χ1n) is 11.1. The summed E-state index contributed by atoms with van der Waals surface area (Å²) in [4.78, 5) is 18.4. The number of H-pyrrole nitrogens is 1. The number of hydrogen-bond acceptors (Lipinski definition) is 5. The Morgan fingerprint density at radius 1 is 1.09 bits per heavy atom. The van der Waals surface area contributed by atoms with Crippen molar-refractivity contribution in [2.45, 2.75) is 6.92 Å². The zero-order valence-electron chi connectivity index (χ0n) is 18.8. The first kappa shape index (κ1) is 21.4. The lowest BCUT2D eigenvalue weighted by Crippen LogP contribution is -2.44. The Kier molecular flexibility index (Phi) is 5.98. The zero-order chi connectivity index (χ0) is 22.8. The van der Waals surface area contributed by atoms with Crippen LogP contribution in [0.5, 0.6) is 0 Å². The Bertz CT molecular complexity index is 1310. The van der Waals surface area contributed by atoms with Crippen LogP contribution >= 0.6 is 11.3 Å². The Morgan fingerprint density at radius 2 is 1.91 bits per heavy atom.